The molecular formula is C21H46O2Si. The van der Waals surface area contributed by atoms with Crippen LogP contribution in [-0.4, -0.2) is 22.4 Å². The fraction of sp³-hybridized carbons (Fsp3) is 1.00. The summed E-state index contributed by atoms with van der Waals surface area (Å²) in [4.78, 5) is 0. The first-order chi connectivity index (χ1) is 11.8. The average molecular weight is 359 g/mol. The summed E-state index contributed by atoms with van der Waals surface area (Å²) in [6.45, 7) is 7.94. The number of unbranched alkanes of at least 4 members (excludes halogenated alkanes) is 12. The first-order valence-corrected chi connectivity index (χ1v) is 13.1. The molecule has 3 heteroatoms. The molecule has 0 amide bonds. The van der Waals surface area contributed by atoms with Crippen LogP contribution in [0.1, 0.15) is 111 Å². The van der Waals surface area contributed by atoms with E-state index in [1.807, 2.05) is 6.92 Å². The molecule has 0 aromatic rings. The highest BCUT2D eigenvalue weighted by atomic mass is 28.3. The fourth-order valence-corrected chi connectivity index (χ4v) is 5.60. The van der Waals surface area contributed by atoms with Crippen LogP contribution in [0.3, 0.4) is 0 Å². The molecule has 0 aliphatic heterocycles. The summed E-state index contributed by atoms with van der Waals surface area (Å²) in [6, 6.07) is 2.71. The van der Waals surface area contributed by atoms with E-state index in [9.17, 15) is 0 Å². The lowest BCUT2D eigenvalue weighted by molar-refractivity contribution is 0.0197. The molecule has 24 heavy (non-hydrogen) atoms. The average Bonchev–Trinajstić information content (AvgIpc) is 2.59. The molecule has 0 rings (SSSR count). The first-order valence-electron chi connectivity index (χ1n) is 11.0. The van der Waals surface area contributed by atoms with E-state index in [0.29, 0.717) is 6.79 Å². The molecule has 0 aliphatic rings. The van der Waals surface area contributed by atoms with Crippen molar-refractivity contribution >= 4 is 9.04 Å². The Kier molecular flexibility index (Phi) is 21.3. The van der Waals surface area contributed by atoms with Gasteiger partial charge in [-0.15, -0.1) is 0 Å². The number of hydrogen-bond acceptors (Lipinski definition) is 2. The van der Waals surface area contributed by atoms with Crippen LogP contribution in [0.2, 0.25) is 12.1 Å². The highest BCUT2D eigenvalue weighted by Crippen LogP contribution is 2.16. The summed E-state index contributed by atoms with van der Waals surface area (Å²) >= 11 is 0. The third-order valence-corrected chi connectivity index (χ3v) is 7.56. The maximum absolute atomic E-state index is 6.09. The zero-order chi connectivity index (χ0) is 17.7. The Morgan fingerprint density at radius 1 is 0.542 bits per heavy atom. The molecule has 1 atom stereocenters. The summed E-state index contributed by atoms with van der Waals surface area (Å²) in [7, 11) is -1.02. The molecule has 0 radical (unpaired) electrons. The van der Waals surface area contributed by atoms with Gasteiger partial charge in [0.25, 0.3) is 0 Å². The van der Waals surface area contributed by atoms with E-state index < -0.39 is 9.04 Å². The van der Waals surface area contributed by atoms with Crippen LogP contribution in [0.15, 0.2) is 0 Å². The van der Waals surface area contributed by atoms with Crippen LogP contribution in [-0.2, 0) is 9.16 Å². The normalized spacial score (nSPS) is 12.6. The molecule has 0 aliphatic carbocycles. The van der Waals surface area contributed by atoms with Gasteiger partial charge in [-0.05, 0) is 19.0 Å². The van der Waals surface area contributed by atoms with Crippen LogP contribution in [0.5, 0.6) is 0 Å². The van der Waals surface area contributed by atoms with Crippen LogP contribution < -0.4 is 0 Å². The number of ether oxygens (including phenoxy) is 1. The van der Waals surface area contributed by atoms with Crippen molar-refractivity contribution in [1.29, 1.82) is 0 Å². The Labute approximate surface area is 154 Å². The molecule has 1 unspecified atom stereocenters. The van der Waals surface area contributed by atoms with E-state index in [2.05, 4.69) is 13.8 Å². The lowest BCUT2D eigenvalue weighted by Crippen LogP contribution is -2.19. The van der Waals surface area contributed by atoms with Gasteiger partial charge in [0.05, 0.1) is 0 Å². The van der Waals surface area contributed by atoms with Crippen LogP contribution in [0.25, 0.3) is 0 Å². The predicted molar refractivity (Wildman–Crippen MR) is 110 cm³/mol. The van der Waals surface area contributed by atoms with Gasteiger partial charge in [0, 0.05) is 6.61 Å². The van der Waals surface area contributed by atoms with Crippen LogP contribution in [0.4, 0.5) is 0 Å². The van der Waals surface area contributed by atoms with E-state index >= 15 is 0 Å². The Hall–Kier alpha value is 0.137. The minimum atomic E-state index is -1.02. The standard InChI is InChI=1S/C21H46O2Si/c1-4-7-9-11-13-14-16-18-20-24(23-21-22-6-3)19-17-15-12-10-8-5-2/h24H,4-21H2,1-3H3. The van der Waals surface area contributed by atoms with Gasteiger partial charge in [0.15, 0.2) is 9.04 Å². The van der Waals surface area contributed by atoms with Crippen molar-refractivity contribution in [3.8, 4) is 0 Å². The second-order valence-electron chi connectivity index (χ2n) is 7.22. The molecule has 0 aromatic heterocycles. The van der Waals surface area contributed by atoms with Gasteiger partial charge < -0.3 is 9.16 Å². The summed E-state index contributed by atoms with van der Waals surface area (Å²) in [5.41, 5.74) is 0. The molecule has 0 N–H and O–H groups in total. The van der Waals surface area contributed by atoms with E-state index in [0.717, 1.165) is 6.61 Å². The van der Waals surface area contributed by atoms with Gasteiger partial charge in [0.2, 0.25) is 0 Å². The molecular weight excluding hydrogens is 312 g/mol. The molecule has 0 bridgehead atoms. The Morgan fingerprint density at radius 2 is 0.958 bits per heavy atom. The predicted octanol–water partition coefficient (Wildman–Crippen LogP) is 7.22. The van der Waals surface area contributed by atoms with E-state index in [-0.39, 0.29) is 0 Å². The van der Waals surface area contributed by atoms with Gasteiger partial charge in [-0.1, -0.05) is 104 Å². The quantitative estimate of drug-likeness (QED) is 0.130. The summed E-state index contributed by atoms with van der Waals surface area (Å²) in [5.74, 6) is 0. The smallest absolute Gasteiger partial charge is 0.180 e. The third-order valence-electron chi connectivity index (χ3n) is 4.85. The Morgan fingerprint density at radius 3 is 1.38 bits per heavy atom. The van der Waals surface area contributed by atoms with Crippen molar-refractivity contribution in [2.24, 2.45) is 0 Å². The van der Waals surface area contributed by atoms with Crippen molar-refractivity contribution in [1.82, 2.24) is 0 Å². The van der Waals surface area contributed by atoms with Crippen molar-refractivity contribution in [2.75, 3.05) is 13.4 Å². The van der Waals surface area contributed by atoms with Crippen molar-refractivity contribution < 1.29 is 9.16 Å². The minimum Gasteiger partial charge on any atom is -0.398 e. The molecule has 0 saturated heterocycles. The van der Waals surface area contributed by atoms with Crippen molar-refractivity contribution in [3.05, 3.63) is 0 Å². The van der Waals surface area contributed by atoms with Gasteiger partial charge in [0.1, 0.15) is 6.79 Å². The fourth-order valence-electron chi connectivity index (χ4n) is 3.20. The monoisotopic (exact) mass is 358 g/mol. The second kappa shape index (κ2) is 21.2. The van der Waals surface area contributed by atoms with Crippen molar-refractivity contribution in [2.45, 2.75) is 123 Å². The van der Waals surface area contributed by atoms with Crippen LogP contribution >= 0.6 is 0 Å². The Balaban J connectivity index is 3.63. The van der Waals surface area contributed by atoms with Gasteiger partial charge in [-0.3, -0.25) is 0 Å². The molecule has 0 heterocycles. The van der Waals surface area contributed by atoms with Crippen molar-refractivity contribution in [3.63, 3.8) is 0 Å². The van der Waals surface area contributed by atoms with E-state index in [1.165, 1.54) is 102 Å². The molecule has 0 aromatic carbocycles. The maximum atomic E-state index is 6.09. The number of hydrogen-bond donors (Lipinski definition) is 0. The van der Waals surface area contributed by atoms with Crippen LogP contribution in [0, 0.1) is 0 Å². The molecule has 0 spiro atoms. The number of rotatable bonds is 20. The summed E-state index contributed by atoms with van der Waals surface area (Å²) < 4.78 is 11.5. The SMILES string of the molecule is CCCCCCCCCC[SiH](CCCCCCCC)OCOCC. The molecule has 2 nitrogen and oxygen atoms in total. The molecule has 0 fully saturated rings. The topological polar surface area (TPSA) is 18.5 Å². The highest BCUT2D eigenvalue weighted by Gasteiger charge is 2.11. The lowest BCUT2D eigenvalue weighted by atomic mass is 10.1. The van der Waals surface area contributed by atoms with E-state index in [4.69, 9.17) is 9.16 Å². The highest BCUT2D eigenvalue weighted by molar-refractivity contribution is 6.51. The zero-order valence-corrected chi connectivity index (χ0v) is 18.3. The molecule has 146 valence electrons. The summed E-state index contributed by atoms with van der Waals surface area (Å²) in [6.07, 6.45) is 19.6. The maximum Gasteiger partial charge on any atom is 0.180 e. The first kappa shape index (κ1) is 24.1. The van der Waals surface area contributed by atoms with Gasteiger partial charge >= 0.3 is 0 Å². The lowest BCUT2D eigenvalue weighted by Gasteiger charge is -2.16. The molecule has 0 saturated carbocycles. The zero-order valence-electron chi connectivity index (χ0n) is 17.1. The van der Waals surface area contributed by atoms with Gasteiger partial charge in [-0.2, -0.15) is 0 Å². The Bertz CT molecular complexity index is 224. The third kappa shape index (κ3) is 18.5. The second-order valence-corrected chi connectivity index (χ2v) is 9.95. The minimum absolute atomic E-state index is 0.542. The van der Waals surface area contributed by atoms with Gasteiger partial charge in [-0.25, -0.2) is 0 Å². The largest absolute Gasteiger partial charge is 0.398 e. The van der Waals surface area contributed by atoms with E-state index in [1.54, 1.807) is 0 Å². The summed E-state index contributed by atoms with van der Waals surface area (Å²) in [5, 5.41) is 0.